The van der Waals surface area contributed by atoms with E-state index >= 15 is 0 Å². The fraction of sp³-hybridized carbons (Fsp3) is 0.286. The molecular weight excluding hydrogens is 303 g/mol. The fourth-order valence-electron chi connectivity index (χ4n) is 1.95. The molecule has 1 aromatic heterocycles. The van der Waals surface area contributed by atoms with Crippen molar-refractivity contribution in [1.82, 2.24) is 9.78 Å². The topological polar surface area (TPSA) is 41.6 Å². The molecule has 0 unspecified atom stereocenters. The molecule has 0 N–H and O–H groups in total. The van der Waals surface area contributed by atoms with Crippen molar-refractivity contribution in [3.8, 4) is 11.8 Å². The zero-order chi connectivity index (χ0) is 15.6. The van der Waals surface area contributed by atoms with E-state index in [9.17, 15) is 13.2 Å². The molecule has 0 aliphatic carbocycles. The van der Waals surface area contributed by atoms with E-state index in [1.807, 2.05) is 13.0 Å². The van der Waals surface area contributed by atoms with Crippen LogP contribution in [0.4, 0.5) is 13.2 Å². The monoisotopic (exact) mass is 313 g/mol. The highest BCUT2D eigenvalue weighted by Gasteiger charge is 2.31. The van der Waals surface area contributed by atoms with Gasteiger partial charge in [0.05, 0.1) is 16.9 Å². The third-order valence-corrected chi connectivity index (χ3v) is 3.27. The van der Waals surface area contributed by atoms with Gasteiger partial charge in [-0.2, -0.15) is 23.5 Å². The normalized spacial score (nSPS) is 11.4. The van der Waals surface area contributed by atoms with Crippen molar-refractivity contribution in [3.05, 3.63) is 46.2 Å². The number of alkyl halides is 3. The fourth-order valence-corrected chi connectivity index (χ4v) is 2.23. The Kier molecular flexibility index (Phi) is 4.24. The smallest absolute Gasteiger partial charge is 0.221 e. The van der Waals surface area contributed by atoms with Crippen LogP contribution in [0.15, 0.2) is 24.3 Å². The number of nitriles is 1. The van der Waals surface area contributed by atoms with Gasteiger partial charge in [-0.1, -0.05) is 31.0 Å². The minimum absolute atomic E-state index is 0.0280. The summed E-state index contributed by atoms with van der Waals surface area (Å²) in [6.45, 7) is 1.92. The molecule has 0 atom stereocenters. The predicted molar refractivity (Wildman–Crippen MR) is 72.3 cm³/mol. The third kappa shape index (κ3) is 3.03. The van der Waals surface area contributed by atoms with E-state index in [4.69, 9.17) is 16.9 Å². The molecule has 0 aliphatic heterocycles. The summed E-state index contributed by atoms with van der Waals surface area (Å²) in [5, 5.41) is 13.3. The van der Waals surface area contributed by atoms with Gasteiger partial charge in [-0.05, 0) is 24.6 Å². The van der Waals surface area contributed by atoms with Gasteiger partial charge in [-0.3, -0.25) is 0 Å². The summed E-state index contributed by atoms with van der Waals surface area (Å²) in [5.74, 6) is 0. The maximum absolute atomic E-state index is 12.7. The molecule has 0 spiro atoms. The molecule has 7 heteroatoms. The molecule has 0 radical (unpaired) electrons. The van der Waals surface area contributed by atoms with E-state index in [1.165, 1.54) is 16.8 Å². The molecule has 0 amide bonds. The van der Waals surface area contributed by atoms with Crippen LogP contribution in [0.25, 0.3) is 5.69 Å². The summed E-state index contributed by atoms with van der Waals surface area (Å²) < 4.78 is 39.4. The summed E-state index contributed by atoms with van der Waals surface area (Å²) in [7, 11) is 0. The quantitative estimate of drug-likeness (QED) is 0.844. The van der Waals surface area contributed by atoms with E-state index in [0.717, 1.165) is 18.6 Å². The number of benzene rings is 1. The highest BCUT2D eigenvalue weighted by Crippen LogP contribution is 2.31. The lowest BCUT2D eigenvalue weighted by molar-refractivity contribution is -0.137. The average Bonchev–Trinajstić information content (AvgIpc) is 2.75. The van der Waals surface area contributed by atoms with E-state index in [2.05, 4.69) is 5.10 Å². The van der Waals surface area contributed by atoms with Crippen molar-refractivity contribution >= 4 is 11.6 Å². The highest BCUT2D eigenvalue weighted by molar-refractivity contribution is 6.31. The van der Waals surface area contributed by atoms with Gasteiger partial charge in [0, 0.05) is 0 Å². The lowest BCUT2D eigenvalue weighted by Crippen LogP contribution is -2.06. The Hall–Kier alpha value is -2.00. The van der Waals surface area contributed by atoms with Crippen molar-refractivity contribution in [2.24, 2.45) is 0 Å². The Labute approximate surface area is 124 Å². The first-order chi connectivity index (χ1) is 9.88. The second kappa shape index (κ2) is 5.78. The summed E-state index contributed by atoms with van der Waals surface area (Å²) in [6, 6.07) is 6.61. The van der Waals surface area contributed by atoms with E-state index in [0.29, 0.717) is 12.1 Å². The van der Waals surface area contributed by atoms with Crippen LogP contribution in [0.5, 0.6) is 0 Å². The Morgan fingerprint density at radius 1 is 1.38 bits per heavy atom. The van der Waals surface area contributed by atoms with E-state index in [1.54, 1.807) is 0 Å². The molecule has 3 nitrogen and oxygen atoms in total. The molecule has 0 saturated carbocycles. The average molecular weight is 314 g/mol. The molecule has 2 rings (SSSR count). The van der Waals surface area contributed by atoms with Gasteiger partial charge >= 0.3 is 6.18 Å². The Balaban J connectivity index is 2.55. The molecule has 0 saturated heterocycles. The van der Waals surface area contributed by atoms with Crippen LogP contribution in [0.3, 0.4) is 0 Å². The van der Waals surface area contributed by atoms with Crippen LogP contribution in [-0.2, 0) is 12.6 Å². The first kappa shape index (κ1) is 15.4. The number of rotatable bonds is 3. The molecule has 0 fully saturated rings. The number of aromatic nitrogens is 2. The SMILES string of the molecule is CCCc1nn(-c2cccc(C(F)(F)F)c2)c(Cl)c1C#N. The van der Waals surface area contributed by atoms with Crippen molar-refractivity contribution in [2.45, 2.75) is 25.9 Å². The summed E-state index contributed by atoms with van der Waals surface area (Å²) >= 11 is 6.06. The van der Waals surface area contributed by atoms with Crippen molar-refractivity contribution in [2.75, 3.05) is 0 Å². The second-order valence-corrected chi connectivity index (χ2v) is 4.79. The lowest BCUT2D eigenvalue weighted by Gasteiger charge is -2.09. The maximum atomic E-state index is 12.7. The Morgan fingerprint density at radius 3 is 2.67 bits per heavy atom. The van der Waals surface area contributed by atoms with Crippen LogP contribution in [0.1, 0.15) is 30.2 Å². The van der Waals surface area contributed by atoms with Crippen LogP contribution in [-0.4, -0.2) is 9.78 Å². The molecule has 0 bridgehead atoms. The summed E-state index contributed by atoms with van der Waals surface area (Å²) in [5.41, 5.74) is 0.0779. The van der Waals surface area contributed by atoms with Gasteiger partial charge in [0.25, 0.3) is 0 Å². The summed E-state index contributed by atoms with van der Waals surface area (Å²) in [6.07, 6.45) is -3.15. The van der Waals surface area contributed by atoms with Gasteiger partial charge in [0.1, 0.15) is 11.6 Å². The van der Waals surface area contributed by atoms with Gasteiger partial charge in [0.2, 0.25) is 0 Å². The first-order valence-corrected chi connectivity index (χ1v) is 6.61. The Bertz CT molecular complexity index is 698. The van der Waals surface area contributed by atoms with E-state index in [-0.39, 0.29) is 16.4 Å². The predicted octanol–water partition coefficient (Wildman–Crippen LogP) is 4.37. The maximum Gasteiger partial charge on any atom is 0.416 e. The second-order valence-electron chi connectivity index (χ2n) is 4.43. The molecule has 21 heavy (non-hydrogen) atoms. The van der Waals surface area contributed by atoms with Crippen LogP contribution < -0.4 is 0 Å². The van der Waals surface area contributed by atoms with Crippen LogP contribution in [0, 0.1) is 11.3 Å². The molecule has 0 aliphatic rings. The minimum Gasteiger partial charge on any atom is -0.221 e. The van der Waals surface area contributed by atoms with Gasteiger partial charge in [-0.25, -0.2) is 4.68 Å². The zero-order valence-corrected chi connectivity index (χ0v) is 11.8. The molecule has 110 valence electrons. The van der Waals surface area contributed by atoms with Crippen molar-refractivity contribution in [1.29, 1.82) is 5.26 Å². The van der Waals surface area contributed by atoms with Crippen LogP contribution in [0.2, 0.25) is 5.15 Å². The Morgan fingerprint density at radius 2 is 2.10 bits per heavy atom. The lowest BCUT2D eigenvalue weighted by atomic mass is 10.2. The van der Waals surface area contributed by atoms with E-state index < -0.39 is 11.7 Å². The van der Waals surface area contributed by atoms with Gasteiger partial charge in [0.15, 0.2) is 5.15 Å². The third-order valence-electron chi connectivity index (χ3n) is 2.92. The van der Waals surface area contributed by atoms with Crippen molar-refractivity contribution in [3.63, 3.8) is 0 Å². The molecule has 1 heterocycles. The van der Waals surface area contributed by atoms with Crippen LogP contribution >= 0.6 is 11.6 Å². The van der Waals surface area contributed by atoms with Gasteiger partial charge in [-0.15, -0.1) is 0 Å². The molecule has 2 aromatic rings. The number of nitrogens with zero attached hydrogens (tertiary/aromatic N) is 3. The standard InChI is InChI=1S/C14H11ClF3N3/c1-2-4-12-11(8-19)13(15)21(20-12)10-6-3-5-9(7-10)14(16,17)18/h3,5-7H,2,4H2,1H3. The highest BCUT2D eigenvalue weighted by atomic mass is 35.5. The molecule has 1 aromatic carbocycles. The summed E-state index contributed by atoms with van der Waals surface area (Å²) in [4.78, 5) is 0. The zero-order valence-electron chi connectivity index (χ0n) is 11.1. The number of hydrogen-bond donors (Lipinski definition) is 0. The first-order valence-electron chi connectivity index (χ1n) is 6.23. The number of hydrogen-bond acceptors (Lipinski definition) is 2. The number of aryl methyl sites for hydroxylation is 1. The van der Waals surface area contributed by atoms with Gasteiger partial charge < -0.3 is 0 Å². The largest absolute Gasteiger partial charge is 0.416 e. The van der Waals surface area contributed by atoms with Crippen molar-refractivity contribution < 1.29 is 13.2 Å². The minimum atomic E-state index is -4.44. The molecular formula is C14H11ClF3N3. The number of halogens is 4.